The molecule has 1 aromatic carbocycles. The van der Waals surface area contributed by atoms with Gasteiger partial charge >= 0.3 is 6.09 Å². The quantitative estimate of drug-likeness (QED) is 0.190. The van der Waals surface area contributed by atoms with Gasteiger partial charge in [-0.2, -0.15) is 0 Å². The van der Waals surface area contributed by atoms with Crippen LogP contribution in [0.5, 0.6) is 0 Å². The SMILES string of the molecule is C[C@@H](Nc1nc(C(=N)NC(=O)O)nc2nc(C(C)(O)c3cccc(F)c3)n(C[C@H]3CC[C@H](C)CC3)c12)C1CCC1. The highest BCUT2D eigenvalue weighted by Gasteiger charge is 2.36. The molecule has 1 amide bonds. The van der Waals surface area contributed by atoms with Crippen molar-refractivity contribution >= 4 is 28.9 Å². The first-order chi connectivity index (χ1) is 19.0. The molecule has 0 aliphatic heterocycles. The van der Waals surface area contributed by atoms with Crippen LogP contribution in [-0.2, 0) is 12.1 Å². The highest BCUT2D eigenvalue weighted by atomic mass is 19.1. The van der Waals surface area contributed by atoms with Gasteiger partial charge in [-0.15, -0.1) is 0 Å². The Kier molecular flexibility index (Phi) is 7.76. The van der Waals surface area contributed by atoms with E-state index in [1.165, 1.54) is 18.6 Å². The second kappa shape index (κ2) is 11.1. The Balaban J connectivity index is 1.68. The molecule has 214 valence electrons. The molecule has 2 heterocycles. The van der Waals surface area contributed by atoms with Crippen LogP contribution in [0.4, 0.5) is 15.0 Å². The van der Waals surface area contributed by atoms with Crippen molar-refractivity contribution in [3.05, 3.63) is 47.3 Å². The number of amidine groups is 1. The summed E-state index contributed by atoms with van der Waals surface area (Å²) in [4.78, 5) is 25.1. The zero-order chi connectivity index (χ0) is 28.6. The predicted molar refractivity (Wildman–Crippen MR) is 150 cm³/mol. The fraction of sp³-hybridized carbons (Fsp3) is 0.552. The Hall–Kier alpha value is -3.60. The number of halogens is 1. The maximum Gasteiger partial charge on any atom is 0.410 e. The first-order valence-corrected chi connectivity index (χ1v) is 14.2. The van der Waals surface area contributed by atoms with Gasteiger partial charge in [0.25, 0.3) is 0 Å². The number of aliphatic hydroxyl groups is 1. The summed E-state index contributed by atoms with van der Waals surface area (Å²) in [7, 11) is 0. The predicted octanol–water partition coefficient (Wildman–Crippen LogP) is 5.24. The molecule has 0 spiro atoms. The number of carboxylic acid groups (broad SMARTS) is 1. The third-order valence-electron chi connectivity index (χ3n) is 8.68. The molecule has 10 nitrogen and oxygen atoms in total. The molecule has 0 radical (unpaired) electrons. The number of rotatable bonds is 8. The van der Waals surface area contributed by atoms with Crippen molar-refractivity contribution in [1.29, 1.82) is 5.41 Å². The lowest BCUT2D eigenvalue weighted by molar-refractivity contribution is 0.0862. The molecule has 2 fully saturated rings. The normalized spacial score (nSPS) is 21.8. The molecule has 40 heavy (non-hydrogen) atoms. The van der Waals surface area contributed by atoms with Crippen molar-refractivity contribution in [3.8, 4) is 0 Å². The largest absolute Gasteiger partial charge is 0.465 e. The van der Waals surface area contributed by atoms with Gasteiger partial charge in [-0.1, -0.05) is 38.3 Å². The highest BCUT2D eigenvalue weighted by Crippen LogP contribution is 2.37. The van der Waals surface area contributed by atoms with Crippen molar-refractivity contribution in [2.24, 2.45) is 17.8 Å². The summed E-state index contributed by atoms with van der Waals surface area (Å²) in [5.41, 5.74) is -0.481. The lowest BCUT2D eigenvalue weighted by atomic mass is 9.80. The number of hydrogen-bond donors (Lipinski definition) is 5. The first kappa shape index (κ1) is 27.9. The fourth-order valence-corrected chi connectivity index (χ4v) is 5.92. The molecule has 11 heteroatoms. The fourth-order valence-electron chi connectivity index (χ4n) is 5.92. The molecular weight excluding hydrogens is 513 g/mol. The van der Waals surface area contributed by atoms with Crippen LogP contribution in [0, 0.1) is 29.0 Å². The van der Waals surface area contributed by atoms with Gasteiger partial charge in [0.1, 0.15) is 22.8 Å². The number of carbonyl (C=O) groups is 1. The zero-order valence-corrected chi connectivity index (χ0v) is 23.2. The van der Waals surface area contributed by atoms with E-state index in [2.05, 4.69) is 29.1 Å². The van der Waals surface area contributed by atoms with Crippen molar-refractivity contribution in [2.75, 3.05) is 5.32 Å². The van der Waals surface area contributed by atoms with Gasteiger partial charge in [0, 0.05) is 12.6 Å². The molecule has 0 saturated heterocycles. The average molecular weight is 552 g/mol. The van der Waals surface area contributed by atoms with Gasteiger partial charge in [0.2, 0.25) is 0 Å². The number of nitrogens with zero attached hydrogens (tertiary/aromatic N) is 4. The minimum atomic E-state index is -1.66. The number of fused-ring (bicyclic) bond motifs is 1. The van der Waals surface area contributed by atoms with E-state index in [0.29, 0.717) is 47.0 Å². The molecule has 1 unspecified atom stereocenters. The summed E-state index contributed by atoms with van der Waals surface area (Å²) in [5, 5.41) is 34.8. The number of nitrogens with one attached hydrogen (secondary N) is 3. The Morgan fingerprint density at radius 2 is 1.93 bits per heavy atom. The summed E-state index contributed by atoms with van der Waals surface area (Å²) < 4.78 is 16.2. The number of anilines is 1. The van der Waals surface area contributed by atoms with Crippen molar-refractivity contribution < 1.29 is 19.4 Å². The number of benzene rings is 1. The van der Waals surface area contributed by atoms with E-state index in [1.54, 1.807) is 19.1 Å². The summed E-state index contributed by atoms with van der Waals surface area (Å²) in [6.07, 6.45) is 6.30. The first-order valence-electron chi connectivity index (χ1n) is 14.2. The Labute approximate surface area is 233 Å². The van der Waals surface area contributed by atoms with E-state index >= 15 is 0 Å². The third-order valence-corrected chi connectivity index (χ3v) is 8.68. The van der Waals surface area contributed by atoms with Crippen LogP contribution in [0.2, 0.25) is 0 Å². The lowest BCUT2D eigenvalue weighted by Crippen LogP contribution is -2.33. The van der Waals surface area contributed by atoms with Gasteiger partial charge in [0.15, 0.2) is 23.1 Å². The number of hydrogen-bond acceptors (Lipinski definition) is 7. The molecule has 2 aliphatic carbocycles. The van der Waals surface area contributed by atoms with E-state index in [1.807, 2.05) is 9.88 Å². The van der Waals surface area contributed by atoms with E-state index in [0.717, 1.165) is 38.5 Å². The van der Waals surface area contributed by atoms with Gasteiger partial charge < -0.3 is 20.1 Å². The van der Waals surface area contributed by atoms with Crippen LogP contribution in [0.3, 0.4) is 0 Å². The topological polar surface area (TPSA) is 149 Å². The Morgan fingerprint density at radius 1 is 1.20 bits per heavy atom. The van der Waals surface area contributed by atoms with Crippen LogP contribution < -0.4 is 10.6 Å². The van der Waals surface area contributed by atoms with Crippen LogP contribution in [0.1, 0.15) is 82.9 Å². The van der Waals surface area contributed by atoms with Crippen LogP contribution in [0.15, 0.2) is 24.3 Å². The molecule has 2 saturated carbocycles. The van der Waals surface area contributed by atoms with Gasteiger partial charge in [0.05, 0.1) is 0 Å². The molecule has 2 aromatic heterocycles. The number of amides is 1. The van der Waals surface area contributed by atoms with E-state index < -0.39 is 23.3 Å². The summed E-state index contributed by atoms with van der Waals surface area (Å²) >= 11 is 0. The highest BCUT2D eigenvalue weighted by molar-refractivity contribution is 6.03. The summed E-state index contributed by atoms with van der Waals surface area (Å²) in [6, 6.07) is 5.92. The maximum absolute atomic E-state index is 14.2. The summed E-state index contributed by atoms with van der Waals surface area (Å²) in [5.74, 6) is 1.17. The second-order valence-corrected chi connectivity index (χ2v) is 11.8. The second-order valence-electron chi connectivity index (χ2n) is 11.8. The van der Waals surface area contributed by atoms with E-state index in [4.69, 9.17) is 10.4 Å². The number of imidazole rings is 1. The molecule has 0 bridgehead atoms. The maximum atomic E-state index is 14.2. The van der Waals surface area contributed by atoms with Crippen LogP contribution >= 0.6 is 0 Å². The van der Waals surface area contributed by atoms with E-state index in [9.17, 15) is 19.4 Å². The smallest absolute Gasteiger partial charge is 0.410 e. The standard InChI is InChI=1S/C29H38FN7O3/c1-16-10-12-18(13-11-16)15-37-22-24(32-17(2)19-6-4-7-19)34-26(23(31)33-28(38)39)35-25(22)36-27(37)29(3,40)20-8-5-9-21(30)14-20/h5,8-9,14,16-19,40H,4,6-7,10-13,15H2,1-3H3,(H2,31,33)(H,38,39)(H,32,34,35)/t16-,17-,18-,29?/m1/s1. The van der Waals surface area contributed by atoms with Crippen molar-refractivity contribution in [1.82, 2.24) is 24.8 Å². The van der Waals surface area contributed by atoms with Crippen molar-refractivity contribution in [3.63, 3.8) is 0 Å². The van der Waals surface area contributed by atoms with E-state index in [-0.39, 0.29) is 17.5 Å². The molecular formula is C29H38FN7O3. The molecule has 5 N–H and O–H groups in total. The Morgan fingerprint density at radius 3 is 2.55 bits per heavy atom. The molecule has 2 atom stereocenters. The minimum absolute atomic E-state index is 0.0763. The lowest BCUT2D eigenvalue weighted by Gasteiger charge is -2.33. The monoisotopic (exact) mass is 551 g/mol. The average Bonchev–Trinajstić information content (AvgIpc) is 3.23. The van der Waals surface area contributed by atoms with Crippen LogP contribution in [-0.4, -0.2) is 47.7 Å². The molecule has 2 aliphatic rings. The van der Waals surface area contributed by atoms with Gasteiger partial charge in [-0.3, -0.25) is 10.7 Å². The third kappa shape index (κ3) is 5.65. The van der Waals surface area contributed by atoms with Crippen LogP contribution in [0.25, 0.3) is 11.2 Å². The zero-order valence-electron chi connectivity index (χ0n) is 23.2. The number of aromatic nitrogens is 4. The summed E-state index contributed by atoms with van der Waals surface area (Å²) in [6.45, 7) is 6.52. The van der Waals surface area contributed by atoms with Gasteiger partial charge in [-0.05, 0) is 75.0 Å². The minimum Gasteiger partial charge on any atom is -0.465 e. The molecule has 3 aromatic rings. The Bertz CT molecular complexity index is 1410. The molecule has 5 rings (SSSR count). The van der Waals surface area contributed by atoms with Crippen molar-refractivity contribution in [2.45, 2.75) is 83.9 Å². The van der Waals surface area contributed by atoms with Gasteiger partial charge in [-0.25, -0.2) is 24.1 Å².